The fourth-order valence-electron chi connectivity index (χ4n) is 3.26. The molecular formula is C19H16N4O5. The Balaban J connectivity index is 1.57. The second-order valence-corrected chi connectivity index (χ2v) is 6.43. The number of ether oxygens (including phenoxy) is 1. The van der Waals surface area contributed by atoms with E-state index >= 15 is 0 Å². The molecule has 0 spiro atoms. The standard InChI is InChI=1S/C19H16N4O5/c24-18(21-16-7-8-28-17-4-2-1-3-13(16)17)10-22-11-20-15-6-5-12(23(26)27)9-14(15)19(22)25/h1-6,9,11,16H,7-8,10H2,(H,21,24). The van der Waals surface area contributed by atoms with Crippen LogP contribution < -0.4 is 15.6 Å². The van der Waals surface area contributed by atoms with Gasteiger partial charge in [-0.2, -0.15) is 0 Å². The first kappa shape index (κ1) is 17.7. The van der Waals surface area contributed by atoms with Gasteiger partial charge in [0.15, 0.2) is 0 Å². The van der Waals surface area contributed by atoms with Crippen molar-refractivity contribution in [2.45, 2.75) is 19.0 Å². The summed E-state index contributed by atoms with van der Waals surface area (Å²) >= 11 is 0. The van der Waals surface area contributed by atoms with Crippen LogP contribution in [-0.4, -0.2) is 27.0 Å². The van der Waals surface area contributed by atoms with Crippen LogP contribution in [0, 0.1) is 10.1 Å². The van der Waals surface area contributed by atoms with Gasteiger partial charge in [0, 0.05) is 24.1 Å². The number of non-ortho nitro benzene ring substituents is 1. The molecule has 9 nitrogen and oxygen atoms in total. The van der Waals surface area contributed by atoms with Crippen molar-refractivity contribution in [1.29, 1.82) is 0 Å². The fraction of sp³-hybridized carbons (Fsp3) is 0.211. The van der Waals surface area contributed by atoms with Gasteiger partial charge in [-0.3, -0.25) is 24.3 Å². The molecule has 4 rings (SSSR count). The Morgan fingerprint density at radius 3 is 2.96 bits per heavy atom. The second-order valence-electron chi connectivity index (χ2n) is 6.43. The molecule has 9 heteroatoms. The number of nitrogens with zero attached hydrogens (tertiary/aromatic N) is 3. The number of nitro groups is 1. The van der Waals surface area contributed by atoms with Gasteiger partial charge < -0.3 is 10.1 Å². The summed E-state index contributed by atoms with van der Waals surface area (Å²) in [5.41, 5.74) is 0.524. The predicted octanol–water partition coefficient (Wildman–Crippen LogP) is 1.94. The van der Waals surface area contributed by atoms with Crippen LogP contribution in [0.5, 0.6) is 5.75 Å². The van der Waals surface area contributed by atoms with Gasteiger partial charge in [0.25, 0.3) is 11.2 Å². The molecule has 0 saturated carbocycles. The van der Waals surface area contributed by atoms with Crippen molar-refractivity contribution in [3.63, 3.8) is 0 Å². The lowest BCUT2D eigenvalue weighted by atomic mass is 10.0. The molecule has 2 aromatic carbocycles. The van der Waals surface area contributed by atoms with Gasteiger partial charge >= 0.3 is 0 Å². The molecular weight excluding hydrogens is 364 g/mol. The van der Waals surface area contributed by atoms with Crippen LogP contribution in [0.2, 0.25) is 0 Å². The molecule has 1 atom stereocenters. The molecule has 0 saturated heterocycles. The number of rotatable bonds is 4. The van der Waals surface area contributed by atoms with Crippen molar-refractivity contribution in [1.82, 2.24) is 14.9 Å². The summed E-state index contributed by atoms with van der Waals surface area (Å²) in [4.78, 5) is 39.6. The van der Waals surface area contributed by atoms with Gasteiger partial charge in [-0.15, -0.1) is 0 Å². The van der Waals surface area contributed by atoms with Crippen molar-refractivity contribution in [3.05, 3.63) is 74.8 Å². The van der Waals surface area contributed by atoms with Gasteiger partial charge in [0.05, 0.1) is 34.8 Å². The van der Waals surface area contributed by atoms with Gasteiger partial charge in [-0.25, -0.2) is 4.98 Å². The van der Waals surface area contributed by atoms with Crippen LogP contribution in [0.25, 0.3) is 10.9 Å². The van der Waals surface area contributed by atoms with Crippen molar-refractivity contribution in [2.75, 3.05) is 6.61 Å². The lowest BCUT2D eigenvalue weighted by Gasteiger charge is -2.26. The van der Waals surface area contributed by atoms with Crippen LogP contribution in [0.15, 0.2) is 53.6 Å². The minimum absolute atomic E-state index is 0.0981. The second kappa shape index (κ2) is 7.10. The van der Waals surface area contributed by atoms with E-state index < -0.39 is 10.5 Å². The van der Waals surface area contributed by atoms with E-state index in [1.54, 1.807) is 0 Å². The summed E-state index contributed by atoms with van der Waals surface area (Å²) in [5.74, 6) is 0.381. The minimum atomic E-state index is -0.578. The van der Waals surface area contributed by atoms with E-state index in [0.717, 1.165) is 15.9 Å². The quantitative estimate of drug-likeness (QED) is 0.546. The lowest BCUT2D eigenvalue weighted by Crippen LogP contribution is -2.36. The smallest absolute Gasteiger partial charge is 0.270 e. The number of fused-ring (bicyclic) bond motifs is 2. The molecule has 142 valence electrons. The van der Waals surface area contributed by atoms with Crippen LogP contribution in [0.3, 0.4) is 0 Å². The van der Waals surface area contributed by atoms with Gasteiger partial charge in [0.1, 0.15) is 12.3 Å². The van der Waals surface area contributed by atoms with E-state index in [4.69, 9.17) is 4.74 Å². The zero-order valence-electron chi connectivity index (χ0n) is 14.7. The van der Waals surface area contributed by atoms with E-state index in [2.05, 4.69) is 10.3 Å². The third kappa shape index (κ3) is 3.29. The summed E-state index contributed by atoms with van der Waals surface area (Å²) < 4.78 is 6.73. The maximum atomic E-state index is 12.6. The Kier molecular flexibility index (Phi) is 4.48. The molecule has 1 aromatic heterocycles. The van der Waals surface area contributed by atoms with Gasteiger partial charge in [0.2, 0.25) is 5.91 Å². The highest BCUT2D eigenvalue weighted by Gasteiger charge is 2.23. The highest BCUT2D eigenvalue weighted by atomic mass is 16.6. The van der Waals surface area contributed by atoms with Crippen molar-refractivity contribution in [2.24, 2.45) is 0 Å². The maximum absolute atomic E-state index is 12.6. The molecule has 1 amide bonds. The number of para-hydroxylation sites is 1. The number of amides is 1. The number of hydrogen-bond acceptors (Lipinski definition) is 6. The third-order valence-corrected chi connectivity index (χ3v) is 4.63. The highest BCUT2D eigenvalue weighted by molar-refractivity contribution is 5.81. The summed E-state index contributed by atoms with van der Waals surface area (Å²) in [5, 5.41) is 14.0. The third-order valence-electron chi connectivity index (χ3n) is 4.63. The summed E-state index contributed by atoms with van der Waals surface area (Å²) in [7, 11) is 0. The average Bonchev–Trinajstić information content (AvgIpc) is 2.70. The zero-order valence-corrected chi connectivity index (χ0v) is 14.7. The SMILES string of the molecule is O=C(Cn1cnc2ccc([N+](=O)[O-])cc2c1=O)NC1CCOc2ccccc21. The number of carbonyl (C=O) groups excluding carboxylic acids is 1. The Hall–Kier alpha value is -3.75. The van der Waals surface area contributed by atoms with Crippen molar-refractivity contribution >= 4 is 22.5 Å². The topological polar surface area (TPSA) is 116 Å². The molecule has 0 bridgehead atoms. The first-order valence-corrected chi connectivity index (χ1v) is 8.67. The molecule has 0 fully saturated rings. The molecule has 1 N–H and O–H groups in total. The van der Waals surface area contributed by atoms with Gasteiger partial charge in [-0.1, -0.05) is 18.2 Å². The summed E-state index contributed by atoms with van der Waals surface area (Å²) in [6.45, 7) is 0.257. The molecule has 1 aliphatic rings. The molecule has 3 aromatic rings. The lowest BCUT2D eigenvalue weighted by molar-refractivity contribution is -0.384. The largest absolute Gasteiger partial charge is 0.493 e. The Labute approximate surface area is 158 Å². The van der Waals surface area contributed by atoms with E-state index in [9.17, 15) is 19.7 Å². The first-order valence-electron chi connectivity index (χ1n) is 8.67. The van der Waals surface area contributed by atoms with E-state index in [-0.39, 0.29) is 29.6 Å². The molecule has 1 unspecified atom stereocenters. The van der Waals surface area contributed by atoms with Crippen LogP contribution in [0.4, 0.5) is 5.69 Å². The fourth-order valence-corrected chi connectivity index (χ4v) is 3.26. The Bertz CT molecular complexity index is 1140. The van der Waals surface area contributed by atoms with Crippen LogP contribution >= 0.6 is 0 Å². The number of hydrogen-bond donors (Lipinski definition) is 1. The molecule has 0 aliphatic carbocycles. The molecule has 0 radical (unpaired) electrons. The van der Waals surface area contributed by atoms with Crippen LogP contribution in [-0.2, 0) is 11.3 Å². The minimum Gasteiger partial charge on any atom is -0.493 e. The predicted molar refractivity (Wildman–Crippen MR) is 100 cm³/mol. The molecule has 28 heavy (non-hydrogen) atoms. The molecule has 2 heterocycles. The number of nitrogens with one attached hydrogen (secondary N) is 1. The molecule has 1 aliphatic heterocycles. The number of carbonyl (C=O) groups is 1. The number of nitro benzene ring substituents is 1. The van der Waals surface area contributed by atoms with Gasteiger partial charge in [-0.05, 0) is 12.1 Å². The normalized spacial score (nSPS) is 15.5. The highest BCUT2D eigenvalue weighted by Crippen LogP contribution is 2.31. The summed E-state index contributed by atoms with van der Waals surface area (Å²) in [6, 6.07) is 11.1. The van der Waals surface area contributed by atoms with Crippen molar-refractivity contribution in [3.8, 4) is 5.75 Å². The van der Waals surface area contributed by atoms with Crippen molar-refractivity contribution < 1.29 is 14.5 Å². The Morgan fingerprint density at radius 2 is 2.14 bits per heavy atom. The first-order chi connectivity index (χ1) is 13.5. The van der Waals surface area contributed by atoms with E-state index in [1.807, 2.05) is 24.3 Å². The number of aromatic nitrogens is 2. The monoisotopic (exact) mass is 380 g/mol. The Morgan fingerprint density at radius 1 is 1.32 bits per heavy atom. The van der Waals surface area contributed by atoms with E-state index in [1.165, 1.54) is 24.5 Å². The van der Waals surface area contributed by atoms with Crippen LogP contribution in [0.1, 0.15) is 18.0 Å². The zero-order chi connectivity index (χ0) is 19.7. The number of benzene rings is 2. The average molecular weight is 380 g/mol. The summed E-state index contributed by atoms with van der Waals surface area (Å²) in [6.07, 6.45) is 1.90. The maximum Gasteiger partial charge on any atom is 0.270 e. The van der Waals surface area contributed by atoms with E-state index in [0.29, 0.717) is 18.5 Å².